The smallest absolute Gasteiger partial charge is 0.324 e. The number of aromatic amines is 1. The van der Waals surface area contributed by atoms with Gasteiger partial charge in [-0.05, 0) is 35.7 Å². The van der Waals surface area contributed by atoms with E-state index < -0.39 is 0 Å². The van der Waals surface area contributed by atoms with Crippen LogP contribution in [0, 0.1) is 0 Å². The molecule has 1 aromatic carbocycles. The summed E-state index contributed by atoms with van der Waals surface area (Å²) in [5.74, 6) is -0.347. The summed E-state index contributed by atoms with van der Waals surface area (Å²) in [5, 5.41) is 13.8. The summed E-state index contributed by atoms with van der Waals surface area (Å²) in [5.41, 5.74) is 2.85. The lowest BCUT2D eigenvalue weighted by Crippen LogP contribution is -2.28. The van der Waals surface area contributed by atoms with Gasteiger partial charge in [0, 0.05) is 34.7 Å². The van der Waals surface area contributed by atoms with Gasteiger partial charge in [0.05, 0.1) is 24.0 Å². The molecule has 4 aromatic rings. The zero-order valence-electron chi connectivity index (χ0n) is 16.3. The van der Waals surface area contributed by atoms with Crippen LogP contribution in [0.4, 0.5) is 0 Å². The molecule has 0 bridgehead atoms. The molecule has 0 spiro atoms. The van der Waals surface area contributed by atoms with Crippen LogP contribution in [-0.2, 0) is 7.05 Å². The van der Waals surface area contributed by atoms with Crippen LogP contribution in [-0.4, -0.2) is 21.1 Å². The normalized spacial score (nSPS) is 16.4. The standard InChI is InChI=1S/C23H18ClN5O/c1-29-12-4-7-17-21(27-28-22(17)29)23(30)26-15-8-9-19(24)18(13-15)20-16-6-3-2-5-14(16)10-11-25-20/h2-12,18H,13H2,1H3,(H,26,30)/p+1. The fourth-order valence-corrected chi connectivity index (χ4v) is 4.15. The summed E-state index contributed by atoms with van der Waals surface area (Å²) in [7, 11) is 1.89. The summed E-state index contributed by atoms with van der Waals surface area (Å²) in [6.07, 6.45) is 7.93. The van der Waals surface area contributed by atoms with E-state index in [4.69, 9.17) is 11.6 Å². The number of halogens is 1. The van der Waals surface area contributed by atoms with Crippen molar-refractivity contribution in [2.24, 2.45) is 7.05 Å². The number of benzene rings is 1. The number of hydrogen-bond acceptors (Lipinski definition) is 3. The third kappa shape index (κ3) is 3.15. The first kappa shape index (κ1) is 18.5. The van der Waals surface area contributed by atoms with Crippen molar-refractivity contribution in [3.63, 3.8) is 0 Å². The van der Waals surface area contributed by atoms with Gasteiger partial charge < -0.3 is 5.32 Å². The molecular formula is C23H19ClN5O+. The van der Waals surface area contributed by atoms with Crippen molar-refractivity contribution in [1.29, 1.82) is 0 Å². The van der Waals surface area contributed by atoms with Crippen LogP contribution in [0.25, 0.3) is 21.8 Å². The fourth-order valence-electron chi connectivity index (χ4n) is 3.91. The van der Waals surface area contributed by atoms with E-state index in [1.54, 1.807) is 6.20 Å². The Morgan fingerprint density at radius 3 is 2.90 bits per heavy atom. The van der Waals surface area contributed by atoms with Gasteiger partial charge >= 0.3 is 5.65 Å². The monoisotopic (exact) mass is 416 g/mol. The topological polar surface area (TPSA) is 74.5 Å². The first-order valence-corrected chi connectivity index (χ1v) is 10.0. The molecule has 0 aliphatic heterocycles. The molecule has 5 rings (SSSR count). The Balaban J connectivity index is 1.43. The molecule has 1 unspecified atom stereocenters. The third-order valence-corrected chi connectivity index (χ3v) is 5.82. The first-order valence-electron chi connectivity index (χ1n) is 9.66. The molecule has 0 saturated carbocycles. The summed E-state index contributed by atoms with van der Waals surface area (Å²) in [6.45, 7) is 0. The van der Waals surface area contributed by atoms with Crippen molar-refractivity contribution in [3.05, 3.63) is 89.1 Å². The second kappa shape index (κ2) is 7.39. The lowest BCUT2D eigenvalue weighted by molar-refractivity contribution is -0.646. The highest BCUT2D eigenvalue weighted by molar-refractivity contribution is 6.30. The summed E-state index contributed by atoms with van der Waals surface area (Å²) >= 11 is 6.56. The molecule has 1 amide bonds. The highest BCUT2D eigenvalue weighted by Crippen LogP contribution is 2.37. The van der Waals surface area contributed by atoms with Gasteiger partial charge in [0.2, 0.25) is 0 Å². The number of amides is 1. The minimum Gasteiger partial charge on any atom is -0.324 e. The predicted octanol–water partition coefficient (Wildman–Crippen LogP) is 3.86. The fraction of sp³-hybridized carbons (Fsp3) is 0.130. The molecule has 148 valence electrons. The molecule has 30 heavy (non-hydrogen) atoms. The molecule has 3 aromatic heterocycles. The van der Waals surface area contributed by atoms with Crippen molar-refractivity contribution in [1.82, 2.24) is 20.5 Å². The van der Waals surface area contributed by atoms with E-state index in [0.29, 0.717) is 17.1 Å². The number of rotatable bonds is 3. The van der Waals surface area contributed by atoms with Gasteiger partial charge in [-0.15, -0.1) is 0 Å². The molecule has 3 heterocycles. The SMILES string of the molecule is C[n+]1cccc2c(C(=O)NC3=CC=C(Cl)C(c4nccc5ccccc45)C3)[nH]nc21. The molecule has 0 radical (unpaired) electrons. The van der Waals surface area contributed by atoms with Gasteiger partial charge in [-0.2, -0.15) is 5.10 Å². The summed E-state index contributed by atoms with van der Waals surface area (Å²) in [6, 6.07) is 13.9. The quantitative estimate of drug-likeness (QED) is 0.498. The average molecular weight is 417 g/mol. The third-order valence-electron chi connectivity index (χ3n) is 5.43. The Hall–Kier alpha value is -3.51. The van der Waals surface area contributed by atoms with Crippen LogP contribution in [0.3, 0.4) is 0 Å². The van der Waals surface area contributed by atoms with Crippen molar-refractivity contribution in [2.45, 2.75) is 12.3 Å². The van der Waals surface area contributed by atoms with Gasteiger partial charge in [-0.25, -0.2) is 4.57 Å². The number of carbonyl (C=O) groups excluding carboxylic acids is 1. The van der Waals surface area contributed by atoms with Crippen molar-refractivity contribution >= 4 is 39.3 Å². The molecule has 1 aliphatic carbocycles. The van der Waals surface area contributed by atoms with Crippen molar-refractivity contribution in [2.75, 3.05) is 0 Å². The molecule has 7 heteroatoms. The Labute approximate surface area is 177 Å². The number of hydrogen-bond donors (Lipinski definition) is 2. The van der Waals surface area contributed by atoms with Gasteiger partial charge in [0.1, 0.15) is 5.39 Å². The number of carbonyl (C=O) groups is 1. The number of fused-ring (bicyclic) bond motifs is 2. The number of aryl methyl sites for hydroxylation is 1. The molecular weight excluding hydrogens is 398 g/mol. The van der Waals surface area contributed by atoms with Gasteiger partial charge in [0.25, 0.3) is 5.91 Å². The second-order valence-corrected chi connectivity index (χ2v) is 7.76. The van der Waals surface area contributed by atoms with E-state index in [1.165, 1.54) is 0 Å². The van der Waals surface area contributed by atoms with Gasteiger partial charge in [-0.1, -0.05) is 35.9 Å². The van der Waals surface area contributed by atoms with E-state index in [0.717, 1.165) is 33.2 Å². The van der Waals surface area contributed by atoms with Crippen LogP contribution in [0.5, 0.6) is 0 Å². The van der Waals surface area contributed by atoms with E-state index in [9.17, 15) is 4.79 Å². The highest BCUT2D eigenvalue weighted by atomic mass is 35.5. The lowest BCUT2D eigenvalue weighted by Gasteiger charge is -2.22. The molecule has 1 atom stereocenters. The Morgan fingerprint density at radius 1 is 1.17 bits per heavy atom. The highest BCUT2D eigenvalue weighted by Gasteiger charge is 2.26. The predicted molar refractivity (Wildman–Crippen MR) is 116 cm³/mol. The van der Waals surface area contributed by atoms with E-state index in [-0.39, 0.29) is 11.8 Å². The van der Waals surface area contributed by atoms with E-state index in [2.05, 4.69) is 32.6 Å². The molecule has 1 aliphatic rings. The molecule has 6 nitrogen and oxygen atoms in total. The van der Waals surface area contributed by atoms with Crippen molar-refractivity contribution < 1.29 is 9.36 Å². The number of H-pyrrole nitrogens is 1. The van der Waals surface area contributed by atoms with Crippen LogP contribution < -0.4 is 9.88 Å². The zero-order valence-corrected chi connectivity index (χ0v) is 17.0. The van der Waals surface area contributed by atoms with Crippen LogP contribution >= 0.6 is 11.6 Å². The minimum atomic E-state index is -0.231. The molecule has 0 saturated heterocycles. The Bertz CT molecular complexity index is 1350. The Kier molecular flexibility index (Phi) is 4.56. The minimum absolute atomic E-state index is 0.116. The van der Waals surface area contributed by atoms with Crippen LogP contribution in [0.1, 0.15) is 28.5 Å². The maximum absolute atomic E-state index is 12.9. The van der Waals surface area contributed by atoms with E-state index >= 15 is 0 Å². The van der Waals surface area contributed by atoms with E-state index in [1.807, 2.05) is 60.3 Å². The molecule has 0 fully saturated rings. The average Bonchev–Trinajstić information content (AvgIpc) is 3.20. The molecule has 2 N–H and O–H groups in total. The van der Waals surface area contributed by atoms with Crippen LogP contribution in [0.15, 0.2) is 77.7 Å². The summed E-state index contributed by atoms with van der Waals surface area (Å²) < 4.78 is 1.87. The summed E-state index contributed by atoms with van der Waals surface area (Å²) in [4.78, 5) is 17.5. The number of allylic oxidation sites excluding steroid dienone is 4. The largest absolute Gasteiger partial charge is 0.357 e. The lowest BCUT2D eigenvalue weighted by atomic mass is 9.91. The maximum atomic E-state index is 12.9. The zero-order chi connectivity index (χ0) is 20.7. The number of pyridine rings is 2. The number of aromatic nitrogens is 4. The van der Waals surface area contributed by atoms with Crippen LogP contribution in [0.2, 0.25) is 0 Å². The van der Waals surface area contributed by atoms with Crippen molar-refractivity contribution in [3.8, 4) is 0 Å². The number of nitrogens with one attached hydrogen (secondary N) is 2. The van der Waals surface area contributed by atoms with Gasteiger partial charge in [0.15, 0.2) is 5.69 Å². The maximum Gasteiger partial charge on any atom is 0.357 e. The Morgan fingerprint density at radius 2 is 2.00 bits per heavy atom. The van der Waals surface area contributed by atoms with Gasteiger partial charge in [-0.3, -0.25) is 9.78 Å². The number of nitrogens with zero attached hydrogens (tertiary/aromatic N) is 3. The second-order valence-electron chi connectivity index (χ2n) is 7.33. The first-order chi connectivity index (χ1) is 14.6.